The van der Waals surface area contributed by atoms with Crippen molar-refractivity contribution >= 4 is 21.1 Å². The van der Waals surface area contributed by atoms with Gasteiger partial charge in [-0.2, -0.15) is 8.42 Å². The van der Waals surface area contributed by atoms with Gasteiger partial charge in [0.25, 0.3) is 0 Å². The summed E-state index contributed by atoms with van der Waals surface area (Å²) in [5.41, 5.74) is 0. The third kappa shape index (κ3) is 1.44. The number of amides is 1. The number of carbonyl (C=O) groups is 1. The molecule has 0 aromatic rings. The molecule has 0 saturated heterocycles. The molecule has 1 rings (SSSR count). The molecule has 0 aliphatic carbocycles. The highest BCUT2D eigenvalue weighted by Gasteiger charge is 2.08. The summed E-state index contributed by atoms with van der Waals surface area (Å²) >= 11 is 0. The molecule has 54 valence electrons. The Morgan fingerprint density at radius 1 is 1.50 bits per heavy atom. The zero-order valence-electron chi connectivity index (χ0n) is 4.99. The van der Waals surface area contributed by atoms with E-state index in [0.29, 0.717) is 0 Å². The van der Waals surface area contributed by atoms with Crippen molar-refractivity contribution in [1.82, 2.24) is 5.32 Å². The predicted octanol–water partition coefficient (Wildman–Crippen LogP) is -0.928. The fraction of sp³-hybridized carbons (Fsp3) is 0.200. The second-order valence-corrected chi connectivity index (χ2v) is 2.77. The van der Waals surface area contributed by atoms with Crippen molar-refractivity contribution in [3.63, 3.8) is 0 Å². The monoisotopic (exact) mass is 159 g/mol. The van der Waals surface area contributed by atoms with E-state index in [0.717, 1.165) is 0 Å². The highest BCUT2D eigenvalue weighted by molar-refractivity contribution is 7.73. The molecular weight excluding hydrogens is 154 g/mol. The highest BCUT2D eigenvalue weighted by Crippen LogP contribution is 1.92. The van der Waals surface area contributed by atoms with Gasteiger partial charge in [0.1, 0.15) is 0 Å². The first kappa shape index (κ1) is 7.01. The number of rotatable bonds is 0. The minimum absolute atomic E-state index is 0.0490. The molecule has 4 nitrogen and oxygen atoms in total. The number of hydrogen-bond donors (Lipinski definition) is 1. The van der Waals surface area contributed by atoms with Crippen LogP contribution >= 0.6 is 0 Å². The molecule has 1 aliphatic rings. The van der Waals surface area contributed by atoms with Gasteiger partial charge in [-0.25, -0.2) is 0 Å². The second kappa shape index (κ2) is 2.66. The van der Waals surface area contributed by atoms with Crippen LogP contribution in [0.15, 0.2) is 12.3 Å². The minimum Gasteiger partial charge on any atom is -0.332 e. The molecule has 1 amide bonds. The van der Waals surface area contributed by atoms with Gasteiger partial charge in [0.05, 0.1) is 11.3 Å². The van der Waals surface area contributed by atoms with Crippen LogP contribution in [0.1, 0.15) is 6.42 Å². The summed E-state index contributed by atoms with van der Waals surface area (Å²) in [7, 11) is -2.25. The zero-order valence-corrected chi connectivity index (χ0v) is 5.81. The normalized spacial score (nSPS) is 16.8. The summed E-state index contributed by atoms with van der Waals surface area (Å²) < 4.78 is 20.5. The third-order valence-corrected chi connectivity index (χ3v) is 1.77. The van der Waals surface area contributed by atoms with Crippen LogP contribution in [0.5, 0.6) is 0 Å². The van der Waals surface area contributed by atoms with Crippen molar-refractivity contribution < 1.29 is 13.2 Å². The van der Waals surface area contributed by atoms with Gasteiger partial charge >= 0.3 is 0 Å². The van der Waals surface area contributed by atoms with Crippen LogP contribution in [0.2, 0.25) is 0 Å². The maximum atomic E-state index is 10.5. The van der Waals surface area contributed by atoms with Crippen molar-refractivity contribution in [3.05, 3.63) is 12.3 Å². The van der Waals surface area contributed by atoms with E-state index < -0.39 is 10.3 Å². The molecule has 5 heteroatoms. The highest BCUT2D eigenvalue weighted by atomic mass is 32.2. The average Bonchev–Trinajstić information content (AvgIpc) is 1.88. The van der Waals surface area contributed by atoms with Gasteiger partial charge < -0.3 is 5.32 Å². The SMILES string of the molecule is O=C1CC(=S(=O)=O)C=CN1. The molecule has 0 saturated carbocycles. The van der Waals surface area contributed by atoms with Gasteiger partial charge in [0.15, 0.2) is 0 Å². The first-order valence-corrected chi connectivity index (χ1v) is 3.68. The smallest absolute Gasteiger partial charge is 0.229 e. The van der Waals surface area contributed by atoms with Crippen LogP contribution in [0.3, 0.4) is 0 Å². The van der Waals surface area contributed by atoms with E-state index in [2.05, 4.69) is 5.32 Å². The van der Waals surface area contributed by atoms with E-state index in [9.17, 15) is 13.2 Å². The van der Waals surface area contributed by atoms with E-state index >= 15 is 0 Å². The Morgan fingerprint density at radius 2 is 2.20 bits per heavy atom. The first-order chi connectivity index (χ1) is 4.70. The zero-order chi connectivity index (χ0) is 7.56. The van der Waals surface area contributed by atoms with E-state index in [4.69, 9.17) is 0 Å². The Bertz CT molecular complexity index is 304. The molecule has 0 radical (unpaired) electrons. The van der Waals surface area contributed by atoms with Crippen molar-refractivity contribution in [2.75, 3.05) is 0 Å². The van der Waals surface area contributed by atoms with Crippen LogP contribution < -0.4 is 5.32 Å². The van der Waals surface area contributed by atoms with Crippen LogP contribution in [-0.4, -0.2) is 19.2 Å². The molecular formula is C5H5NO3S. The summed E-state index contributed by atoms with van der Waals surface area (Å²) in [4.78, 5) is 10.6. The third-order valence-electron chi connectivity index (χ3n) is 1.06. The van der Waals surface area contributed by atoms with Gasteiger partial charge in [0, 0.05) is 6.20 Å². The topological polar surface area (TPSA) is 63.2 Å². The number of carbonyl (C=O) groups excluding carboxylic acids is 1. The lowest BCUT2D eigenvalue weighted by molar-refractivity contribution is -0.119. The lowest BCUT2D eigenvalue weighted by Crippen LogP contribution is -2.24. The van der Waals surface area contributed by atoms with Crippen molar-refractivity contribution in [3.8, 4) is 0 Å². The summed E-state index contributed by atoms with van der Waals surface area (Å²) in [6.07, 6.45) is 2.63. The van der Waals surface area contributed by atoms with Crippen LogP contribution in [0.4, 0.5) is 0 Å². The molecule has 0 aromatic heterocycles. The van der Waals surface area contributed by atoms with E-state index in [1.807, 2.05) is 0 Å². The minimum atomic E-state index is -2.25. The number of hydrogen-bond acceptors (Lipinski definition) is 3. The molecule has 1 aliphatic heterocycles. The van der Waals surface area contributed by atoms with Gasteiger partial charge in [0.2, 0.25) is 16.2 Å². The van der Waals surface area contributed by atoms with E-state index in [1.165, 1.54) is 12.3 Å². The molecule has 10 heavy (non-hydrogen) atoms. The number of allylic oxidation sites excluding steroid dienone is 1. The fourth-order valence-corrected chi connectivity index (χ4v) is 1.04. The summed E-state index contributed by atoms with van der Waals surface area (Å²) in [5, 5.41) is 2.35. The van der Waals surface area contributed by atoms with Gasteiger partial charge in [-0.3, -0.25) is 4.79 Å². The predicted molar refractivity (Wildman–Crippen MR) is 35.8 cm³/mol. The van der Waals surface area contributed by atoms with Gasteiger partial charge in [-0.05, 0) is 6.08 Å². The first-order valence-electron chi connectivity index (χ1n) is 2.61. The Balaban J connectivity index is 3.06. The maximum absolute atomic E-state index is 10.5. The maximum Gasteiger partial charge on any atom is 0.229 e. The second-order valence-electron chi connectivity index (χ2n) is 1.78. The lowest BCUT2D eigenvalue weighted by atomic mass is 10.2. The lowest BCUT2D eigenvalue weighted by Gasteiger charge is -2.02. The molecule has 0 unspecified atom stereocenters. The quantitative estimate of drug-likeness (QED) is 0.464. The van der Waals surface area contributed by atoms with Crippen LogP contribution in [0, 0.1) is 0 Å². The van der Waals surface area contributed by atoms with Gasteiger partial charge in [-0.1, -0.05) is 0 Å². The fourth-order valence-electron chi connectivity index (χ4n) is 0.610. The van der Waals surface area contributed by atoms with Crippen LogP contribution in [-0.2, 0) is 15.1 Å². The van der Waals surface area contributed by atoms with E-state index in [1.54, 1.807) is 0 Å². The standard InChI is InChI=1S/C5H5NO3S/c7-5-3-4(10(8)9)1-2-6-5/h1-2H,3H2,(H,6,7). The summed E-state index contributed by atoms with van der Waals surface area (Å²) in [6, 6.07) is 0. The Labute approximate surface area is 59.1 Å². The van der Waals surface area contributed by atoms with Crippen molar-refractivity contribution in [2.45, 2.75) is 6.42 Å². The van der Waals surface area contributed by atoms with Crippen molar-refractivity contribution in [2.24, 2.45) is 0 Å². The van der Waals surface area contributed by atoms with Crippen molar-refractivity contribution in [1.29, 1.82) is 0 Å². The molecule has 0 fully saturated rings. The van der Waals surface area contributed by atoms with Gasteiger partial charge in [-0.15, -0.1) is 0 Å². The number of nitrogens with one attached hydrogen (secondary N) is 1. The Morgan fingerprint density at radius 3 is 2.60 bits per heavy atom. The molecule has 0 atom stereocenters. The summed E-state index contributed by atoms with van der Waals surface area (Å²) in [6.45, 7) is 0. The average molecular weight is 159 g/mol. The molecule has 0 aromatic carbocycles. The van der Waals surface area contributed by atoms with Crippen LogP contribution in [0.25, 0.3) is 0 Å². The molecule has 0 spiro atoms. The molecule has 1 N–H and O–H groups in total. The largest absolute Gasteiger partial charge is 0.332 e. The van der Waals surface area contributed by atoms with E-state index in [-0.39, 0.29) is 17.2 Å². The molecule has 1 heterocycles. The Kier molecular flexibility index (Phi) is 1.86. The Hall–Kier alpha value is -1.10. The molecule has 0 bridgehead atoms. The summed E-state index contributed by atoms with van der Waals surface area (Å²) in [5.74, 6) is -0.290.